The van der Waals surface area contributed by atoms with E-state index in [9.17, 15) is 4.79 Å². The highest BCUT2D eigenvalue weighted by atomic mass is 32.2. The lowest BCUT2D eigenvalue weighted by atomic mass is 10.3. The van der Waals surface area contributed by atoms with Crippen molar-refractivity contribution in [2.45, 2.75) is 36.1 Å². The summed E-state index contributed by atoms with van der Waals surface area (Å²) in [7, 11) is 0. The molecule has 0 radical (unpaired) electrons. The van der Waals surface area contributed by atoms with Crippen LogP contribution in [0.2, 0.25) is 0 Å². The lowest BCUT2D eigenvalue weighted by Gasteiger charge is -2.07. The van der Waals surface area contributed by atoms with E-state index in [2.05, 4.69) is 27.4 Å². The minimum atomic E-state index is -0.218. The summed E-state index contributed by atoms with van der Waals surface area (Å²) >= 11 is 2.89. The van der Waals surface area contributed by atoms with Crippen LogP contribution in [0.4, 0.5) is 5.13 Å². The zero-order valence-electron chi connectivity index (χ0n) is 13.8. The summed E-state index contributed by atoms with van der Waals surface area (Å²) in [5, 5.41) is 13.2. The van der Waals surface area contributed by atoms with E-state index < -0.39 is 0 Å². The molecule has 0 fully saturated rings. The van der Waals surface area contributed by atoms with E-state index in [1.54, 1.807) is 18.3 Å². The van der Waals surface area contributed by atoms with Gasteiger partial charge >= 0.3 is 0 Å². The normalized spacial score (nSPS) is 10.6. The van der Waals surface area contributed by atoms with Crippen LogP contribution < -0.4 is 5.32 Å². The molecule has 3 aromatic rings. The third-order valence-corrected chi connectivity index (χ3v) is 5.33. The van der Waals surface area contributed by atoms with Crippen LogP contribution in [0, 0.1) is 0 Å². The van der Waals surface area contributed by atoms with Gasteiger partial charge in [0.25, 0.3) is 5.91 Å². The molecule has 0 spiro atoms. The molecule has 2 aromatic heterocycles. The zero-order valence-corrected chi connectivity index (χ0v) is 15.4. The molecule has 1 N–H and O–H groups in total. The summed E-state index contributed by atoms with van der Waals surface area (Å²) in [6, 6.07) is 13.4. The van der Waals surface area contributed by atoms with Crippen LogP contribution in [-0.2, 0) is 6.42 Å². The fourth-order valence-corrected chi connectivity index (χ4v) is 3.82. The second-order valence-electron chi connectivity index (χ2n) is 5.33. The smallest absolute Gasteiger partial charge is 0.260 e. The second-order valence-corrected chi connectivity index (χ2v) is 7.45. The van der Waals surface area contributed by atoms with Gasteiger partial charge in [-0.25, -0.2) is 4.98 Å². The number of rotatable bonds is 7. The third-order valence-electron chi connectivity index (χ3n) is 3.41. The van der Waals surface area contributed by atoms with E-state index >= 15 is 0 Å². The molecular weight excluding hydrogens is 352 g/mol. The van der Waals surface area contributed by atoms with Gasteiger partial charge in [0.2, 0.25) is 5.13 Å². The Hall–Kier alpha value is -2.25. The molecule has 0 aliphatic carbocycles. The Kier molecular flexibility index (Phi) is 6.14. The summed E-state index contributed by atoms with van der Waals surface area (Å²) < 4.78 is 0. The molecule has 0 aliphatic heterocycles. The number of aryl methyl sites for hydroxylation is 1. The summed E-state index contributed by atoms with van der Waals surface area (Å²) in [6.07, 6.45) is 4.77. The van der Waals surface area contributed by atoms with E-state index in [0.717, 1.165) is 29.2 Å². The number of aromatic nitrogens is 3. The van der Waals surface area contributed by atoms with Crippen LogP contribution in [-0.4, -0.2) is 21.1 Å². The largest absolute Gasteiger partial charge is 0.296 e. The van der Waals surface area contributed by atoms with Crippen molar-refractivity contribution in [3.05, 3.63) is 59.2 Å². The van der Waals surface area contributed by atoms with Crippen molar-refractivity contribution in [3.63, 3.8) is 0 Å². The van der Waals surface area contributed by atoms with Crippen LogP contribution >= 0.6 is 23.1 Å². The molecule has 0 aliphatic rings. The number of carbonyl (C=O) groups excluding carboxylic acids is 1. The third kappa shape index (κ3) is 4.87. The summed E-state index contributed by atoms with van der Waals surface area (Å²) in [5.74, 6) is -0.218. The Morgan fingerprint density at radius 2 is 2.00 bits per heavy atom. The van der Waals surface area contributed by atoms with Crippen LogP contribution in [0.3, 0.4) is 0 Å². The maximum atomic E-state index is 12.6. The summed E-state index contributed by atoms with van der Waals surface area (Å²) in [4.78, 5) is 18.0. The number of hydrogen-bond donors (Lipinski definition) is 1. The molecule has 5 nitrogen and oxygen atoms in total. The number of nitrogens with zero attached hydrogens (tertiary/aromatic N) is 3. The van der Waals surface area contributed by atoms with Crippen molar-refractivity contribution in [1.29, 1.82) is 0 Å². The summed E-state index contributed by atoms with van der Waals surface area (Å²) in [6.45, 7) is 2.14. The van der Waals surface area contributed by atoms with Gasteiger partial charge in [-0.3, -0.25) is 10.1 Å². The van der Waals surface area contributed by atoms with Crippen molar-refractivity contribution in [1.82, 2.24) is 15.2 Å². The van der Waals surface area contributed by atoms with E-state index in [1.807, 2.05) is 30.3 Å². The maximum absolute atomic E-state index is 12.6. The molecule has 3 rings (SSSR count). The fraction of sp³-hybridized carbons (Fsp3) is 0.222. The number of nitrogens with one attached hydrogen (secondary N) is 1. The number of carbonyl (C=O) groups is 1. The van der Waals surface area contributed by atoms with Crippen molar-refractivity contribution < 1.29 is 4.79 Å². The van der Waals surface area contributed by atoms with Crippen LogP contribution in [0.15, 0.2) is 58.6 Å². The standard InChI is InChI=1S/C18H18N4OS2/c1-2-3-11-15-21-22-18(25-15)20-16(23)14-10-7-12-19-17(14)24-13-8-5-4-6-9-13/h4-10,12H,2-3,11H2,1H3,(H,20,22,23). The van der Waals surface area contributed by atoms with Gasteiger partial charge in [-0.05, 0) is 30.7 Å². The van der Waals surface area contributed by atoms with Gasteiger partial charge in [0.1, 0.15) is 10.0 Å². The average Bonchev–Trinajstić information content (AvgIpc) is 3.08. The maximum Gasteiger partial charge on any atom is 0.260 e. The van der Waals surface area contributed by atoms with Gasteiger partial charge in [0, 0.05) is 17.5 Å². The highest BCUT2D eigenvalue weighted by Gasteiger charge is 2.15. The van der Waals surface area contributed by atoms with Crippen molar-refractivity contribution in [2.75, 3.05) is 5.32 Å². The molecule has 0 bridgehead atoms. The molecule has 0 unspecified atom stereocenters. The van der Waals surface area contributed by atoms with Gasteiger partial charge in [-0.1, -0.05) is 54.6 Å². The number of amides is 1. The number of benzene rings is 1. The van der Waals surface area contributed by atoms with Crippen molar-refractivity contribution in [2.24, 2.45) is 0 Å². The van der Waals surface area contributed by atoms with Gasteiger partial charge in [-0.2, -0.15) is 0 Å². The predicted molar refractivity (Wildman–Crippen MR) is 101 cm³/mol. The number of hydrogen-bond acceptors (Lipinski definition) is 6. The first-order chi connectivity index (χ1) is 12.3. The quantitative estimate of drug-likeness (QED) is 0.654. The average molecular weight is 371 g/mol. The molecule has 25 heavy (non-hydrogen) atoms. The summed E-state index contributed by atoms with van der Waals surface area (Å²) in [5.41, 5.74) is 0.529. The first kappa shape index (κ1) is 17.6. The Balaban J connectivity index is 1.73. The topological polar surface area (TPSA) is 67.8 Å². The highest BCUT2D eigenvalue weighted by Crippen LogP contribution is 2.29. The number of pyridine rings is 1. The minimum absolute atomic E-state index is 0.218. The van der Waals surface area contributed by atoms with Gasteiger partial charge in [-0.15, -0.1) is 10.2 Å². The molecule has 0 atom stereocenters. The van der Waals surface area contributed by atoms with E-state index in [0.29, 0.717) is 15.7 Å². The van der Waals surface area contributed by atoms with Crippen molar-refractivity contribution in [3.8, 4) is 0 Å². The second kappa shape index (κ2) is 8.73. The number of unbranched alkanes of at least 4 members (excludes halogenated alkanes) is 1. The molecule has 2 heterocycles. The zero-order chi connectivity index (χ0) is 17.5. The molecule has 1 amide bonds. The van der Waals surface area contributed by atoms with Crippen molar-refractivity contribution >= 4 is 34.1 Å². The fourth-order valence-electron chi connectivity index (χ4n) is 2.14. The Labute approximate surface area is 154 Å². The monoisotopic (exact) mass is 370 g/mol. The number of anilines is 1. The Bertz CT molecular complexity index is 836. The van der Waals surface area contributed by atoms with Gasteiger partial charge in [0.15, 0.2) is 0 Å². The SMILES string of the molecule is CCCCc1nnc(NC(=O)c2cccnc2Sc2ccccc2)s1. The van der Waals surface area contributed by atoms with Gasteiger partial charge < -0.3 is 0 Å². The van der Waals surface area contributed by atoms with Gasteiger partial charge in [0.05, 0.1) is 5.56 Å². The van der Waals surface area contributed by atoms with E-state index in [1.165, 1.54) is 23.1 Å². The predicted octanol–water partition coefficient (Wildman–Crippen LogP) is 4.68. The lowest BCUT2D eigenvalue weighted by molar-refractivity contribution is 0.102. The van der Waals surface area contributed by atoms with Crippen LogP contribution in [0.25, 0.3) is 0 Å². The molecular formula is C18H18N4OS2. The molecule has 0 saturated carbocycles. The van der Waals surface area contributed by atoms with Crippen LogP contribution in [0.1, 0.15) is 35.1 Å². The van der Waals surface area contributed by atoms with E-state index in [4.69, 9.17) is 0 Å². The molecule has 128 valence electrons. The molecule has 7 heteroatoms. The Morgan fingerprint density at radius 3 is 2.80 bits per heavy atom. The minimum Gasteiger partial charge on any atom is -0.296 e. The molecule has 1 aromatic carbocycles. The van der Waals surface area contributed by atoms with Crippen LogP contribution in [0.5, 0.6) is 0 Å². The first-order valence-electron chi connectivity index (χ1n) is 8.08. The lowest BCUT2D eigenvalue weighted by Crippen LogP contribution is -2.13. The van der Waals surface area contributed by atoms with E-state index in [-0.39, 0.29) is 5.91 Å². The Morgan fingerprint density at radius 1 is 1.16 bits per heavy atom. The molecule has 0 saturated heterocycles. The first-order valence-corrected chi connectivity index (χ1v) is 9.71. The highest BCUT2D eigenvalue weighted by molar-refractivity contribution is 7.99.